The summed E-state index contributed by atoms with van der Waals surface area (Å²) in [6.07, 6.45) is 0. The van der Waals surface area contributed by atoms with Crippen LogP contribution < -0.4 is 5.32 Å². The number of hydrogen-bond acceptors (Lipinski definition) is 2. The van der Waals surface area contributed by atoms with Crippen molar-refractivity contribution in [3.63, 3.8) is 0 Å². The second kappa shape index (κ2) is 3.21. The first-order valence-electron chi connectivity index (χ1n) is 5.90. The highest BCUT2D eigenvalue weighted by Crippen LogP contribution is 2.47. The molecule has 2 aliphatic rings. The zero-order valence-corrected chi connectivity index (χ0v) is 10.2. The Morgan fingerprint density at radius 2 is 1.64 bits per heavy atom. The van der Waals surface area contributed by atoms with Crippen LogP contribution in [0.3, 0.4) is 0 Å². The Balaban J connectivity index is 1.82. The average Bonchev–Trinajstić information content (AvgIpc) is 2.50. The van der Waals surface area contributed by atoms with Crippen LogP contribution in [0, 0.1) is 11.8 Å². The predicted molar refractivity (Wildman–Crippen MR) is 60.4 cm³/mol. The molecular weight excluding hydrogens is 172 g/mol. The van der Waals surface area contributed by atoms with E-state index in [4.69, 9.17) is 0 Å². The van der Waals surface area contributed by atoms with E-state index in [1.54, 1.807) is 0 Å². The zero-order valence-electron chi connectivity index (χ0n) is 10.2. The van der Waals surface area contributed by atoms with Crippen molar-refractivity contribution in [3.8, 4) is 0 Å². The number of fused-ring (bicyclic) bond motifs is 1. The summed E-state index contributed by atoms with van der Waals surface area (Å²) in [5.41, 5.74) is 0.371. The van der Waals surface area contributed by atoms with E-state index < -0.39 is 0 Å². The van der Waals surface area contributed by atoms with Gasteiger partial charge in [0.1, 0.15) is 0 Å². The maximum absolute atomic E-state index is 3.66. The molecule has 82 valence electrons. The summed E-state index contributed by atoms with van der Waals surface area (Å²) in [5.74, 6) is 1.88. The smallest absolute Gasteiger partial charge is 0.0158 e. The highest BCUT2D eigenvalue weighted by Gasteiger charge is 2.56. The topological polar surface area (TPSA) is 15.3 Å². The molecule has 1 saturated carbocycles. The Labute approximate surface area is 88.1 Å². The summed E-state index contributed by atoms with van der Waals surface area (Å²) < 4.78 is 0. The maximum Gasteiger partial charge on any atom is 0.0158 e. The lowest BCUT2D eigenvalue weighted by molar-refractivity contribution is 0.149. The fraction of sp³-hybridized carbons (Fsp3) is 1.00. The average molecular weight is 196 g/mol. The Morgan fingerprint density at radius 1 is 1.14 bits per heavy atom. The van der Waals surface area contributed by atoms with Crippen LogP contribution in [0.5, 0.6) is 0 Å². The summed E-state index contributed by atoms with van der Waals surface area (Å²) >= 11 is 0. The van der Waals surface area contributed by atoms with Crippen molar-refractivity contribution in [2.45, 2.75) is 52.2 Å². The molecule has 1 N–H and O–H groups in total. The molecule has 0 amide bonds. The fourth-order valence-electron chi connectivity index (χ4n) is 2.71. The molecule has 1 aliphatic carbocycles. The summed E-state index contributed by atoms with van der Waals surface area (Å²) in [5, 5.41) is 3.66. The van der Waals surface area contributed by atoms with Crippen LogP contribution in [0.1, 0.15) is 34.6 Å². The molecular formula is C12H24N2. The number of hydrogen-bond donors (Lipinski definition) is 1. The normalized spacial score (nSPS) is 37.7. The molecule has 1 aliphatic heterocycles. The van der Waals surface area contributed by atoms with Gasteiger partial charge in [0.15, 0.2) is 0 Å². The van der Waals surface area contributed by atoms with E-state index in [-0.39, 0.29) is 0 Å². The second-order valence-corrected chi connectivity index (χ2v) is 6.25. The fourth-order valence-corrected chi connectivity index (χ4v) is 2.71. The van der Waals surface area contributed by atoms with Crippen LogP contribution >= 0.6 is 0 Å². The summed E-state index contributed by atoms with van der Waals surface area (Å²) in [6, 6.07) is 1.47. The molecule has 3 atom stereocenters. The van der Waals surface area contributed by atoms with Crippen molar-refractivity contribution in [1.82, 2.24) is 10.2 Å². The third-order valence-corrected chi connectivity index (χ3v) is 3.67. The maximum atomic E-state index is 3.66. The van der Waals surface area contributed by atoms with E-state index in [1.165, 1.54) is 13.1 Å². The van der Waals surface area contributed by atoms with Gasteiger partial charge in [0.2, 0.25) is 0 Å². The molecule has 2 rings (SSSR count). The van der Waals surface area contributed by atoms with Gasteiger partial charge in [-0.15, -0.1) is 0 Å². The summed E-state index contributed by atoms with van der Waals surface area (Å²) in [4.78, 5) is 2.63. The van der Waals surface area contributed by atoms with Gasteiger partial charge in [0, 0.05) is 30.7 Å². The lowest BCUT2D eigenvalue weighted by atomic mass is 10.1. The molecule has 2 nitrogen and oxygen atoms in total. The van der Waals surface area contributed by atoms with Gasteiger partial charge >= 0.3 is 0 Å². The number of likely N-dealkylation sites (tertiary alicyclic amines) is 1. The molecule has 14 heavy (non-hydrogen) atoms. The van der Waals surface area contributed by atoms with Crippen LogP contribution in [-0.2, 0) is 0 Å². The zero-order chi connectivity index (χ0) is 10.5. The molecule has 2 heteroatoms. The number of nitrogens with one attached hydrogen (secondary N) is 1. The van der Waals surface area contributed by atoms with E-state index in [9.17, 15) is 0 Å². The lowest BCUT2D eigenvalue weighted by Crippen LogP contribution is -2.43. The van der Waals surface area contributed by atoms with Gasteiger partial charge in [-0.3, -0.25) is 4.90 Å². The van der Waals surface area contributed by atoms with Crippen LogP contribution in [0.25, 0.3) is 0 Å². The van der Waals surface area contributed by atoms with Crippen LogP contribution in [0.15, 0.2) is 0 Å². The van der Waals surface area contributed by atoms with Crippen molar-refractivity contribution in [1.29, 1.82) is 0 Å². The van der Waals surface area contributed by atoms with Gasteiger partial charge in [-0.05, 0) is 32.6 Å². The van der Waals surface area contributed by atoms with E-state index in [0.717, 1.165) is 17.9 Å². The first-order chi connectivity index (χ1) is 6.39. The van der Waals surface area contributed by atoms with Crippen LogP contribution in [0.2, 0.25) is 0 Å². The number of piperidine rings is 1. The van der Waals surface area contributed by atoms with Gasteiger partial charge < -0.3 is 5.32 Å². The van der Waals surface area contributed by atoms with Gasteiger partial charge in [-0.25, -0.2) is 0 Å². The SMILES string of the molecule is CC(C)NC1[C@H]2CN(C(C)(C)C)C[C@@H]12. The number of nitrogens with zero attached hydrogens (tertiary/aromatic N) is 1. The minimum Gasteiger partial charge on any atom is -0.311 e. The van der Waals surface area contributed by atoms with E-state index in [1.807, 2.05) is 0 Å². The first kappa shape index (κ1) is 10.4. The monoisotopic (exact) mass is 196 g/mol. The van der Waals surface area contributed by atoms with E-state index in [2.05, 4.69) is 44.8 Å². The largest absolute Gasteiger partial charge is 0.311 e. The third-order valence-electron chi connectivity index (χ3n) is 3.67. The molecule has 0 spiro atoms. The molecule has 0 aromatic carbocycles. The van der Waals surface area contributed by atoms with Crippen molar-refractivity contribution >= 4 is 0 Å². The quantitative estimate of drug-likeness (QED) is 0.723. The molecule has 0 aromatic rings. The number of rotatable bonds is 2. The first-order valence-corrected chi connectivity index (χ1v) is 5.90. The highest BCUT2D eigenvalue weighted by atomic mass is 15.3. The molecule has 2 fully saturated rings. The van der Waals surface area contributed by atoms with Gasteiger partial charge in [-0.2, -0.15) is 0 Å². The molecule has 1 heterocycles. The van der Waals surface area contributed by atoms with Crippen LogP contribution in [-0.4, -0.2) is 35.6 Å². The molecule has 0 bridgehead atoms. The van der Waals surface area contributed by atoms with Crippen molar-refractivity contribution in [2.24, 2.45) is 11.8 Å². The molecule has 0 radical (unpaired) electrons. The van der Waals surface area contributed by atoms with E-state index >= 15 is 0 Å². The molecule has 0 aromatic heterocycles. The lowest BCUT2D eigenvalue weighted by Gasteiger charge is -2.33. The van der Waals surface area contributed by atoms with Crippen molar-refractivity contribution in [3.05, 3.63) is 0 Å². The van der Waals surface area contributed by atoms with Crippen molar-refractivity contribution in [2.75, 3.05) is 13.1 Å². The third kappa shape index (κ3) is 1.82. The standard InChI is InChI=1S/C12H24N2/c1-8(2)13-11-9-6-14(7-10(9)11)12(3,4)5/h8-11,13H,6-7H2,1-5H3/t9-,10+,11?. The minimum atomic E-state index is 0.371. The molecule has 1 unspecified atom stereocenters. The van der Waals surface area contributed by atoms with Crippen molar-refractivity contribution < 1.29 is 0 Å². The Morgan fingerprint density at radius 3 is 2.00 bits per heavy atom. The predicted octanol–water partition coefficient (Wildman–Crippen LogP) is 1.71. The van der Waals surface area contributed by atoms with Gasteiger partial charge in [0.05, 0.1) is 0 Å². The molecule has 1 saturated heterocycles. The summed E-state index contributed by atoms with van der Waals surface area (Å²) in [6.45, 7) is 14.1. The second-order valence-electron chi connectivity index (χ2n) is 6.25. The van der Waals surface area contributed by atoms with Gasteiger partial charge in [-0.1, -0.05) is 13.8 Å². The Hall–Kier alpha value is -0.0800. The van der Waals surface area contributed by atoms with E-state index in [0.29, 0.717) is 11.6 Å². The van der Waals surface area contributed by atoms with Gasteiger partial charge in [0.25, 0.3) is 0 Å². The minimum absolute atomic E-state index is 0.371. The Bertz CT molecular complexity index is 205. The Kier molecular flexibility index (Phi) is 2.39. The summed E-state index contributed by atoms with van der Waals surface area (Å²) in [7, 11) is 0. The van der Waals surface area contributed by atoms with Crippen LogP contribution in [0.4, 0.5) is 0 Å². The highest BCUT2D eigenvalue weighted by molar-refractivity contribution is 5.12.